The SMILES string of the molecule is O=S(=O)(NCCn1cc(-c2ccccc2)cn1)c1c(F)cccc1F. The molecule has 0 fully saturated rings. The Morgan fingerprint density at radius 1 is 0.960 bits per heavy atom. The summed E-state index contributed by atoms with van der Waals surface area (Å²) in [5.74, 6) is -2.25. The largest absolute Gasteiger partial charge is 0.271 e. The van der Waals surface area contributed by atoms with Crippen molar-refractivity contribution in [2.75, 3.05) is 6.54 Å². The van der Waals surface area contributed by atoms with E-state index < -0.39 is 26.6 Å². The second-order valence-corrected chi connectivity index (χ2v) is 7.01. The molecule has 25 heavy (non-hydrogen) atoms. The van der Waals surface area contributed by atoms with Crippen molar-refractivity contribution in [3.63, 3.8) is 0 Å². The third kappa shape index (κ3) is 3.92. The van der Waals surface area contributed by atoms with Crippen LogP contribution in [0, 0.1) is 11.6 Å². The number of benzene rings is 2. The van der Waals surface area contributed by atoms with Gasteiger partial charge in [-0.2, -0.15) is 5.10 Å². The van der Waals surface area contributed by atoms with Crippen molar-refractivity contribution in [3.05, 3.63) is 72.6 Å². The average molecular weight is 363 g/mol. The average Bonchev–Trinajstić information content (AvgIpc) is 3.04. The molecule has 2 aromatic carbocycles. The van der Waals surface area contributed by atoms with Gasteiger partial charge in [0.2, 0.25) is 10.0 Å². The first kappa shape index (κ1) is 17.2. The smallest absolute Gasteiger partial charge is 0.246 e. The van der Waals surface area contributed by atoms with Crippen molar-refractivity contribution in [1.82, 2.24) is 14.5 Å². The van der Waals surface area contributed by atoms with Gasteiger partial charge in [-0.05, 0) is 17.7 Å². The molecule has 5 nitrogen and oxygen atoms in total. The highest BCUT2D eigenvalue weighted by Gasteiger charge is 2.23. The second kappa shape index (κ2) is 7.12. The van der Waals surface area contributed by atoms with E-state index in [0.717, 1.165) is 29.3 Å². The molecule has 0 bridgehead atoms. The van der Waals surface area contributed by atoms with E-state index in [4.69, 9.17) is 0 Å². The van der Waals surface area contributed by atoms with Gasteiger partial charge in [-0.3, -0.25) is 4.68 Å². The highest BCUT2D eigenvalue weighted by molar-refractivity contribution is 7.89. The molecule has 0 saturated heterocycles. The zero-order valence-electron chi connectivity index (χ0n) is 13.1. The Morgan fingerprint density at radius 3 is 2.32 bits per heavy atom. The van der Waals surface area contributed by atoms with Crippen LogP contribution in [-0.4, -0.2) is 24.7 Å². The summed E-state index contributed by atoms with van der Waals surface area (Å²) < 4.78 is 55.1. The number of aromatic nitrogens is 2. The standard InChI is InChI=1S/C17H15F2N3O2S/c18-15-7-4-8-16(19)17(15)25(23,24)21-9-10-22-12-14(11-20-22)13-5-2-1-3-6-13/h1-8,11-12,21H,9-10H2. The lowest BCUT2D eigenvalue weighted by Gasteiger charge is -2.08. The number of sulfonamides is 1. The van der Waals surface area contributed by atoms with E-state index in [1.807, 2.05) is 30.3 Å². The van der Waals surface area contributed by atoms with E-state index in [0.29, 0.717) is 0 Å². The van der Waals surface area contributed by atoms with Crippen molar-refractivity contribution in [2.45, 2.75) is 11.4 Å². The van der Waals surface area contributed by atoms with Crippen LogP contribution in [0.5, 0.6) is 0 Å². The molecule has 3 aromatic rings. The van der Waals surface area contributed by atoms with Crippen LogP contribution in [0.2, 0.25) is 0 Å². The van der Waals surface area contributed by atoms with Gasteiger partial charge in [0.05, 0.1) is 12.7 Å². The monoisotopic (exact) mass is 363 g/mol. The predicted octanol–water partition coefficient (Wildman–Crippen LogP) is 2.81. The van der Waals surface area contributed by atoms with Crippen LogP contribution in [0.25, 0.3) is 11.1 Å². The number of halogens is 2. The molecule has 8 heteroatoms. The molecule has 0 atom stereocenters. The van der Waals surface area contributed by atoms with Gasteiger partial charge in [-0.15, -0.1) is 0 Å². The summed E-state index contributed by atoms with van der Waals surface area (Å²) in [5, 5.41) is 4.15. The van der Waals surface area contributed by atoms with Crippen molar-refractivity contribution in [3.8, 4) is 11.1 Å². The van der Waals surface area contributed by atoms with Gasteiger partial charge in [-0.25, -0.2) is 21.9 Å². The summed E-state index contributed by atoms with van der Waals surface area (Å²) >= 11 is 0. The maximum Gasteiger partial charge on any atom is 0.246 e. The van der Waals surface area contributed by atoms with E-state index in [1.54, 1.807) is 17.1 Å². The summed E-state index contributed by atoms with van der Waals surface area (Å²) in [4.78, 5) is -0.972. The molecule has 0 aliphatic rings. The van der Waals surface area contributed by atoms with Gasteiger partial charge in [-0.1, -0.05) is 36.4 Å². The Bertz CT molecular complexity index is 952. The second-order valence-electron chi connectivity index (χ2n) is 5.31. The minimum atomic E-state index is -4.28. The highest BCUT2D eigenvalue weighted by Crippen LogP contribution is 2.19. The maximum atomic E-state index is 13.6. The van der Waals surface area contributed by atoms with Gasteiger partial charge in [0.25, 0.3) is 0 Å². The molecule has 0 radical (unpaired) electrons. The van der Waals surface area contributed by atoms with Gasteiger partial charge in [0.1, 0.15) is 11.6 Å². The summed E-state index contributed by atoms with van der Waals surface area (Å²) in [6.07, 6.45) is 3.44. The molecule has 0 amide bonds. The Labute approximate surface area is 144 Å². The third-order valence-corrected chi connectivity index (χ3v) is 5.07. The molecule has 1 heterocycles. The number of hydrogen-bond acceptors (Lipinski definition) is 3. The van der Waals surface area contributed by atoms with Crippen molar-refractivity contribution >= 4 is 10.0 Å². The lowest BCUT2D eigenvalue weighted by Crippen LogP contribution is -2.29. The van der Waals surface area contributed by atoms with Crippen LogP contribution < -0.4 is 4.72 Å². The Morgan fingerprint density at radius 2 is 1.64 bits per heavy atom. The summed E-state index contributed by atoms with van der Waals surface area (Å²) in [5.41, 5.74) is 1.88. The fourth-order valence-electron chi connectivity index (χ4n) is 2.37. The molecule has 1 aromatic heterocycles. The lowest BCUT2D eigenvalue weighted by molar-refractivity contribution is 0.510. The lowest BCUT2D eigenvalue weighted by atomic mass is 10.1. The molecular weight excluding hydrogens is 348 g/mol. The Hall–Kier alpha value is -2.58. The molecule has 0 aliphatic carbocycles. The quantitative estimate of drug-likeness (QED) is 0.732. The minimum Gasteiger partial charge on any atom is -0.271 e. The first-order valence-electron chi connectivity index (χ1n) is 7.49. The van der Waals surface area contributed by atoms with E-state index >= 15 is 0 Å². The fourth-order valence-corrected chi connectivity index (χ4v) is 3.53. The van der Waals surface area contributed by atoms with Gasteiger partial charge in [0.15, 0.2) is 4.90 Å². The van der Waals surface area contributed by atoms with Crippen molar-refractivity contribution in [2.24, 2.45) is 0 Å². The summed E-state index contributed by atoms with van der Waals surface area (Å²) in [7, 11) is -4.28. The zero-order chi connectivity index (χ0) is 17.9. The van der Waals surface area contributed by atoms with Crippen molar-refractivity contribution in [1.29, 1.82) is 0 Å². The first-order chi connectivity index (χ1) is 12.0. The van der Waals surface area contributed by atoms with Crippen LogP contribution in [0.15, 0.2) is 65.8 Å². The molecule has 0 saturated carbocycles. The highest BCUT2D eigenvalue weighted by atomic mass is 32.2. The third-order valence-electron chi connectivity index (χ3n) is 3.56. The number of rotatable bonds is 6. The minimum absolute atomic E-state index is 0.0496. The summed E-state index contributed by atoms with van der Waals surface area (Å²) in [6, 6.07) is 12.5. The van der Waals surface area contributed by atoms with Gasteiger partial charge in [0, 0.05) is 18.3 Å². The van der Waals surface area contributed by atoms with Gasteiger partial charge < -0.3 is 0 Å². The normalized spacial score (nSPS) is 11.6. The molecule has 130 valence electrons. The maximum absolute atomic E-state index is 13.6. The van der Waals surface area contributed by atoms with E-state index in [1.165, 1.54) is 0 Å². The molecule has 1 N–H and O–H groups in total. The molecular formula is C17H15F2N3O2S. The summed E-state index contributed by atoms with van der Waals surface area (Å²) in [6.45, 7) is 0.175. The fraction of sp³-hybridized carbons (Fsp3) is 0.118. The molecule has 0 spiro atoms. The zero-order valence-corrected chi connectivity index (χ0v) is 13.9. The van der Waals surface area contributed by atoms with Crippen LogP contribution in [0.4, 0.5) is 8.78 Å². The van der Waals surface area contributed by atoms with E-state index in [9.17, 15) is 17.2 Å². The van der Waals surface area contributed by atoms with Crippen LogP contribution in [0.1, 0.15) is 0 Å². The Balaban J connectivity index is 1.66. The van der Waals surface area contributed by atoms with E-state index in [2.05, 4.69) is 9.82 Å². The number of hydrogen-bond donors (Lipinski definition) is 1. The number of nitrogens with one attached hydrogen (secondary N) is 1. The van der Waals surface area contributed by atoms with Crippen LogP contribution in [0.3, 0.4) is 0 Å². The van der Waals surface area contributed by atoms with E-state index in [-0.39, 0.29) is 13.1 Å². The predicted molar refractivity (Wildman–Crippen MR) is 89.2 cm³/mol. The van der Waals surface area contributed by atoms with Gasteiger partial charge >= 0.3 is 0 Å². The Kier molecular flexibility index (Phi) is 4.91. The molecule has 3 rings (SSSR count). The first-order valence-corrected chi connectivity index (χ1v) is 8.97. The van der Waals surface area contributed by atoms with Crippen molar-refractivity contribution < 1.29 is 17.2 Å². The number of nitrogens with zero attached hydrogens (tertiary/aromatic N) is 2. The van der Waals surface area contributed by atoms with Crippen LogP contribution in [-0.2, 0) is 16.6 Å². The van der Waals surface area contributed by atoms with Crippen LogP contribution >= 0.6 is 0 Å². The topological polar surface area (TPSA) is 64.0 Å². The molecule has 0 unspecified atom stereocenters. The molecule has 0 aliphatic heterocycles.